The zero-order valence-corrected chi connectivity index (χ0v) is 38.9. The van der Waals surface area contributed by atoms with Crippen LogP contribution in [0.2, 0.25) is 36.3 Å². The third kappa shape index (κ3) is 19.5. The summed E-state index contributed by atoms with van der Waals surface area (Å²) in [5.41, 5.74) is 3.53. The average molecular weight is 859 g/mol. The van der Waals surface area contributed by atoms with Crippen LogP contribution in [0.4, 0.5) is 8.78 Å². The van der Waals surface area contributed by atoms with Crippen molar-refractivity contribution in [1.29, 1.82) is 0 Å². The second-order valence-electron chi connectivity index (χ2n) is 15.9. The highest BCUT2D eigenvalue weighted by atomic mass is 35.5. The summed E-state index contributed by atoms with van der Waals surface area (Å²) in [5, 5.41) is 0.198. The Kier molecular flexibility index (Phi) is 23.3. The first-order valence-electron chi connectivity index (χ1n) is 18.3. The fraction of sp³-hybridized carbons (Fsp3) is 0.524. The number of carbonyl (C=O) groups excluding carboxylic acids is 4. The topological polar surface area (TPSA) is 124 Å². The number of halogens is 3. The average Bonchev–Trinajstić information content (AvgIpc) is 3.14. The van der Waals surface area contributed by atoms with Gasteiger partial charge in [-0.3, -0.25) is 19.2 Å². The molecule has 10 nitrogen and oxygen atoms in total. The van der Waals surface area contributed by atoms with Gasteiger partial charge in [0.2, 0.25) is 0 Å². The molecule has 0 aliphatic rings. The second-order valence-corrected chi connectivity index (χ2v) is 25.8. The van der Waals surface area contributed by atoms with E-state index >= 15 is 0 Å². The highest BCUT2D eigenvalue weighted by molar-refractivity contribution is 6.74. The van der Waals surface area contributed by atoms with Gasteiger partial charge in [0.15, 0.2) is 22.6 Å². The molecule has 0 radical (unpaired) electrons. The van der Waals surface area contributed by atoms with E-state index in [4.69, 9.17) is 29.9 Å². The fourth-order valence-electron chi connectivity index (χ4n) is 3.99. The van der Waals surface area contributed by atoms with Crippen molar-refractivity contribution in [2.24, 2.45) is 5.92 Å². The van der Waals surface area contributed by atoms with E-state index in [1.807, 2.05) is 6.08 Å². The first-order valence-corrected chi connectivity index (χ1v) is 24.7. The molecule has 0 aliphatic carbocycles. The molecule has 0 atom stereocenters. The SMILES string of the molecule is CC(C)(C)[Si](C)(C)OC/C(=C/CCl)c1ccc(F)cc1.COC(=O)C(C/C=C(/CO[Si](C)(C)C(C)(C)C)c1ccc(F)cc1)C(=O)OC.COC(=O)CC(=O)OC.[H-]. The van der Waals surface area contributed by atoms with Crippen LogP contribution >= 0.6 is 11.6 Å². The maximum atomic E-state index is 13.3. The number of allylic oxidation sites excluding steroid dienone is 2. The third-order valence-corrected chi connectivity index (χ3v) is 19.0. The zero-order chi connectivity index (χ0) is 44.2. The number of esters is 4. The molecule has 0 saturated carbocycles. The van der Waals surface area contributed by atoms with Gasteiger partial charge in [-0.1, -0.05) is 78.0 Å². The predicted molar refractivity (Wildman–Crippen MR) is 228 cm³/mol. The van der Waals surface area contributed by atoms with E-state index in [0.29, 0.717) is 19.1 Å². The summed E-state index contributed by atoms with van der Waals surface area (Å²) in [4.78, 5) is 44.4. The van der Waals surface area contributed by atoms with Crippen LogP contribution in [0.25, 0.3) is 11.1 Å². The zero-order valence-electron chi connectivity index (χ0n) is 37.1. The van der Waals surface area contributed by atoms with Crippen molar-refractivity contribution in [2.45, 2.75) is 90.6 Å². The van der Waals surface area contributed by atoms with E-state index < -0.39 is 46.4 Å². The van der Waals surface area contributed by atoms with Gasteiger partial charge in [0.25, 0.3) is 0 Å². The number of carbonyl (C=O) groups is 4. The molecule has 15 heteroatoms. The molecule has 0 heterocycles. The number of hydrogen-bond acceptors (Lipinski definition) is 10. The minimum atomic E-state index is -2.02. The summed E-state index contributed by atoms with van der Waals surface area (Å²) in [6, 6.07) is 12.5. The normalized spacial score (nSPS) is 12.4. The maximum absolute atomic E-state index is 13.3. The number of alkyl halides is 1. The van der Waals surface area contributed by atoms with Crippen LogP contribution in [-0.4, -0.2) is 88.0 Å². The summed E-state index contributed by atoms with van der Waals surface area (Å²) in [5.74, 6) is -3.69. The fourth-order valence-corrected chi connectivity index (χ4v) is 6.07. The molecule has 0 saturated heterocycles. The van der Waals surface area contributed by atoms with Gasteiger partial charge in [0.05, 0.1) is 41.7 Å². The molecular formula is C42H64ClF2O10Si2-. The molecule has 57 heavy (non-hydrogen) atoms. The Morgan fingerprint density at radius 2 is 0.965 bits per heavy atom. The lowest BCUT2D eigenvalue weighted by molar-refractivity contribution is -0.158. The van der Waals surface area contributed by atoms with Crippen LogP contribution in [0.3, 0.4) is 0 Å². The van der Waals surface area contributed by atoms with Crippen molar-refractivity contribution in [3.63, 3.8) is 0 Å². The third-order valence-electron chi connectivity index (χ3n) is 9.86. The van der Waals surface area contributed by atoms with Gasteiger partial charge in [0.1, 0.15) is 18.1 Å². The molecule has 2 aromatic rings. The summed E-state index contributed by atoms with van der Waals surface area (Å²) in [6.07, 6.45) is 3.49. The van der Waals surface area contributed by atoms with Crippen LogP contribution < -0.4 is 0 Å². The van der Waals surface area contributed by atoms with Crippen molar-refractivity contribution >= 4 is 63.3 Å². The highest BCUT2D eigenvalue weighted by Gasteiger charge is 2.38. The van der Waals surface area contributed by atoms with Crippen LogP contribution in [0, 0.1) is 17.6 Å². The van der Waals surface area contributed by atoms with E-state index in [1.54, 1.807) is 30.3 Å². The molecule has 0 aliphatic heterocycles. The van der Waals surface area contributed by atoms with Crippen molar-refractivity contribution in [2.75, 3.05) is 47.5 Å². The lowest BCUT2D eigenvalue weighted by atomic mass is 10.00. The largest absolute Gasteiger partial charge is 1.00 e. The van der Waals surface area contributed by atoms with Gasteiger partial charge >= 0.3 is 23.9 Å². The molecule has 0 unspecified atom stereocenters. The van der Waals surface area contributed by atoms with Crippen LogP contribution in [-0.2, 0) is 47.0 Å². The Morgan fingerprint density at radius 3 is 1.25 bits per heavy atom. The minimum absolute atomic E-state index is 0. The van der Waals surface area contributed by atoms with Crippen molar-refractivity contribution in [1.82, 2.24) is 0 Å². The summed E-state index contributed by atoms with van der Waals surface area (Å²) < 4.78 is 56.6. The first kappa shape index (κ1) is 53.3. The molecule has 0 N–H and O–H groups in total. The van der Waals surface area contributed by atoms with Crippen molar-refractivity contribution in [3.8, 4) is 0 Å². The molecule has 2 aromatic carbocycles. The van der Waals surface area contributed by atoms with E-state index in [1.165, 1.54) is 52.7 Å². The Morgan fingerprint density at radius 1 is 0.632 bits per heavy atom. The quantitative estimate of drug-likeness (QED) is 0.0562. The molecule has 0 amide bonds. The predicted octanol–water partition coefficient (Wildman–Crippen LogP) is 9.89. The number of benzene rings is 2. The summed E-state index contributed by atoms with van der Waals surface area (Å²) >= 11 is 5.82. The Balaban J connectivity index is 0. The maximum Gasteiger partial charge on any atom is 0.320 e. The summed E-state index contributed by atoms with van der Waals surface area (Å²) in [7, 11) is 1.06. The van der Waals surface area contributed by atoms with Crippen LogP contribution in [0.15, 0.2) is 60.7 Å². The van der Waals surface area contributed by atoms with Gasteiger partial charge in [-0.15, -0.1) is 11.6 Å². The molecule has 2 rings (SSSR count). The molecule has 0 aromatic heterocycles. The van der Waals surface area contributed by atoms with Crippen molar-refractivity contribution in [3.05, 3.63) is 83.4 Å². The van der Waals surface area contributed by atoms with Gasteiger partial charge in [-0.2, -0.15) is 0 Å². The number of methoxy groups -OCH3 is 4. The lowest BCUT2D eigenvalue weighted by Crippen LogP contribution is -2.41. The van der Waals surface area contributed by atoms with E-state index in [9.17, 15) is 28.0 Å². The van der Waals surface area contributed by atoms with Gasteiger partial charge in [-0.05, 0) is 89.2 Å². The molecular weight excluding hydrogens is 794 g/mol. The number of ether oxygens (including phenoxy) is 4. The number of hydrogen-bond donors (Lipinski definition) is 0. The molecule has 0 fully saturated rings. The van der Waals surface area contributed by atoms with Gasteiger partial charge in [0, 0.05) is 5.88 Å². The van der Waals surface area contributed by atoms with E-state index in [-0.39, 0.29) is 36.0 Å². The standard InChI is InChI=1S/C21H31FO5Si.C16H24ClFOSi.C5H8O4.H/c1-21(2,3)28(6,7)27-14-16(15-8-11-17(22)12-9-15)10-13-18(19(23)25-4)20(24)26-5;1-16(2,3)20(4,5)19-12-14(10-11-17)13-6-8-15(18)9-7-13;1-8-4(6)3-5(7)9-2;/h8-12,18H,13-14H2,1-7H3;6-10H,11-12H2,1-5H3;3H2,1-2H3;/q;;;-1/b16-10-;14-10-;;. The Labute approximate surface area is 347 Å². The van der Waals surface area contributed by atoms with Crippen LogP contribution in [0.5, 0.6) is 0 Å². The minimum Gasteiger partial charge on any atom is -1.00 e. The first-order chi connectivity index (χ1) is 26.3. The molecule has 322 valence electrons. The Bertz CT molecular complexity index is 1610. The Hall–Kier alpha value is -3.70. The van der Waals surface area contributed by atoms with Gasteiger partial charge < -0.3 is 29.2 Å². The molecule has 0 bridgehead atoms. The number of rotatable bonds is 15. The summed E-state index contributed by atoms with van der Waals surface area (Å²) in [6.45, 7) is 22.6. The van der Waals surface area contributed by atoms with Crippen molar-refractivity contribution < 1.29 is 57.2 Å². The van der Waals surface area contributed by atoms with E-state index in [2.05, 4.69) is 77.2 Å². The van der Waals surface area contributed by atoms with E-state index in [0.717, 1.165) is 22.3 Å². The second kappa shape index (κ2) is 24.9. The lowest BCUT2D eigenvalue weighted by Gasteiger charge is -2.36. The van der Waals surface area contributed by atoms with Crippen LogP contribution in [0.1, 0.15) is 66.9 Å². The highest BCUT2D eigenvalue weighted by Crippen LogP contribution is 2.38. The smallest absolute Gasteiger partial charge is 0.320 e. The monoisotopic (exact) mass is 857 g/mol. The molecule has 0 spiro atoms. The van der Waals surface area contributed by atoms with Gasteiger partial charge in [-0.25, -0.2) is 8.78 Å².